The fourth-order valence-electron chi connectivity index (χ4n) is 11.3. The highest BCUT2D eigenvalue weighted by molar-refractivity contribution is 7.26. The molecule has 0 bridgehead atoms. The monoisotopic (exact) mass is 832 g/mol. The fraction of sp³-hybridized carbons (Fsp3) is 0.0492. The number of rotatable bonds is 4. The molecule has 0 fully saturated rings. The van der Waals surface area contributed by atoms with Crippen LogP contribution in [0.1, 0.15) is 25.0 Å². The van der Waals surface area contributed by atoms with Crippen LogP contribution in [0.25, 0.3) is 102 Å². The van der Waals surface area contributed by atoms with Crippen LogP contribution in [0.5, 0.6) is 0 Å². The van der Waals surface area contributed by atoms with Crippen LogP contribution in [0.3, 0.4) is 0 Å². The highest BCUT2D eigenvalue weighted by Gasteiger charge is 2.37. The third-order valence-electron chi connectivity index (χ3n) is 14.3. The molecule has 0 unspecified atom stereocenters. The summed E-state index contributed by atoms with van der Waals surface area (Å²) in [7, 11) is 0. The van der Waals surface area contributed by atoms with Crippen LogP contribution in [0.2, 0.25) is 0 Å². The van der Waals surface area contributed by atoms with Gasteiger partial charge in [0.1, 0.15) is 0 Å². The maximum Gasteiger partial charge on any atom is 0.0640 e. The van der Waals surface area contributed by atoms with Crippen LogP contribution in [0.4, 0.5) is 17.1 Å². The zero-order valence-electron chi connectivity index (χ0n) is 35.4. The third kappa shape index (κ3) is 4.96. The molecule has 0 radical (unpaired) electrons. The molecule has 2 nitrogen and oxygen atoms in total. The zero-order valence-corrected chi connectivity index (χ0v) is 36.2. The van der Waals surface area contributed by atoms with E-state index in [-0.39, 0.29) is 5.41 Å². The second-order valence-corrected chi connectivity index (χ2v) is 19.1. The second kappa shape index (κ2) is 13.2. The molecule has 14 rings (SSSR count). The molecule has 11 aromatic carbocycles. The summed E-state index contributed by atoms with van der Waals surface area (Å²) in [4.78, 5) is 2.47. The molecular formula is C61H40N2S. The Kier molecular flexibility index (Phi) is 7.36. The Morgan fingerprint density at radius 2 is 0.984 bits per heavy atom. The summed E-state index contributed by atoms with van der Waals surface area (Å²) in [6, 6.07) is 77.1. The molecule has 0 spiro atoms. The van der Waals surface area contributed by atoms with Crippen molar-refractivity contribution in [3.63, 3.8) is 0 Å². The van der Waals surface area contributed by atoms with Crippen LogP contribution < -0.4 is 4.90 Å². The number of benzene rings is 11. The van der Waals surface area contributed by atoms with E-state index in [2.05, 4.69) is 230 Å². The smallest absolute Gasteiger partial charge is 0.0640 e. The van der Waals surface area contributed by atoms with E-state index in [0.717, 1.165) is 11.4 Å². The molecule has 2 heterocycles. The van der Waals surface area contributed by atoms with Gasteiger partial charge < -0.3 is 9.47 Å². The summed E-state index contributed by atoms with van der Waals surface area (Å²) in [6.45, 7) is 4.85. The molecule has 2 aromatic heterocycles. The van der Waals surface area contributed by atoms with E-state index in [4.69, 9.17) is 0 Å². The Labute approximate surface area is 374 Å². The van der Waals surface area contributed by atoms with Crippen LogP contribution in [-0.4, -0.2) is 4.57 Å². The maximum atomic E-state index is 2.54. The van der Waals surface area contributed by atoms with Crippen molar-refractivity contribution in [2.45, 2.75) is 19.3 Å². The summed E-state index contributed by atoms with van der Waals surface area (Å²) in [5.74, 6) is 0. The fourth-order valence-corrected chi connectivity index (χ4v) is 12.5. The van der Waals surface area contributed by atoms with Crippen molar-refractivity contribution in [3.05, 3.63) is 217 Å². The van der Waals surface area contributed by atoms with E-state index >= 15 is 0 Å². The molecule has 3 heteroatoms. The first-order chi connectivity index (χ1) is 31.5. The summed E-state index contributed by atoms with van der Waals surface area (Å²) in [6.07, 6.45) is 0. The lowest BCUT2D eigenvalue weighted by Crippen LogP contribution is -2.15. The van der Waals surface area contributed by atoms with Gasteiger partial charge in [-0.1, -0.05) is 129 Å². The molecule has 0 N–H and O–H groups in total. The molecule has 0 saturated carbocycles. The maximum absolute atomic E-state index is 2.54. The first kappa shape index (κ1) is 35.8. The van der Waals surface area contributed by atoms with Gasteiger partial charge in [0.05, 0.1) is 21.4 Å². The van der Waals surface area contributed by atoms with Crippen LogP contribution in [0, 0.1) is 0 Å². The molecule has 0 amide bonds. The lowest BCUT2D eigenvalue weighted by Gasteiger charge is -2.27. The molecule has 0 atom stereocenters. The van der Waals surface area contributed by atoms with Gasteiger partial charge in [-0.15, -0.1) is 11.3 Å². The van der Waals surface area contributed by atoms with Gasteiger partial charge in [0.15, 0.2) is 0 Å². The standard InChI is InChI=1S/C61H40N2S/c1-61(2)54-35-50-42-29-28-41(62(39-18-5-3-6-19-39)57-26-15-24-45-44-23-12-14-27-59(44)64-60(45)57)32-48(42)46-30-37-16-9-10-17-38(37)31-47(46)49(50)33-51(54)52-34-53-43-22-11-13-25-56(43)63(58(53)36-55(52)61)40-20-7-4-8-21-40/h3-36H,1-2H3. The number of anilines is 3. The molecule has 64 heavy (non-hydrogen) atoms. The Morgan fingerprint density at radius 1 is 0.391 bits per heavy atom. The quantitative estimate of drug-likeness (QED) is 0.127. The van der Waals surface area contributed by atoms with Crippen LogP contribution in [-0.2, 0) is 5.41 Å². The van der Waals surface area contributed by atoms with Gasteiger partial charge >= 0.3 is 0 Å². The Balaban J connectivity index is 1.05. The van der Waals surface area contributed by atoms with E-state index in [1.807, 2.05) is 11.3 Å². The molecule has 1 aliphatic rings. The van der Waals surface area contributed by atoms with Crippen molar-refractivity contribution >= 4 is 113 Å². The summed E-state index contributed by atoms with van der Waals surface area (Å²) < 4.78 is 5.05. The predicted octanol–water partition coefficient (Wildman–Crippen LogP) is 17.5. The van der Waals surface area contributed by atoms with E-state index < -0.39 is 0 Å². The average Bonchev–Trinajstić information content (AvgIpc) is 3.96. The molecular weight excluding hydrogens is 793 g/mol. The number of hydrogen-bond acceptors (Lipinski definition) is 2. The minimum Gasteiger partial charge on any atom is -0.309 e. The Morgan fingerprint density at radius 3 is 1.77 bits per heavy atom. The van der Waals surface area contributed by atoms with Crippen molar-refractivity contribution in [3.8, 4) is 16.8 Å². The number of para-hydroxylation sites is 3. The molecule has 13 aromatic rings. The number of aromatic nitrogens is 1. The average molecular weight is 833 g/mol. The topological polar surface area (TPSA) is 8.17 Å². The minimum absolute atomic E-state index is 0.220. The predicted molar refractivity (Wildman–Crippen MR) is 276 cm³/mol. The van der Waals surface area contributed by atoms with Crippen molar-refractivity contribution in [2.24, 2.45) is 0 Å². The highest BCUT2D eigenvalue weighted by Crippen LogP contribution is 2.54. The molecule has 300 valence electrons. The van der Waals surface area contributed by atoms with Gasteiger partial charge in [-0.05, 0) is 156 Å². The number of fused-ring (bicyclic) bond motifs is 16. The lowest BCUT2D eigenvalue weighted by atomic mass is 9.81. The highest BCUT2D eigenvalue weighted by atomic mass is 32.1. The molecule has 0 saturated heterocycles. The van der Waals surface area contributed by atoms with Gasteiger partial charge in [-0.2, -0.15) is 0 Å². The number of nitrogens with zero attached hydrogens (tertiary/aromatic N) is 2. The molecule has 0 aliphatic heterocycles. The van der Waals surface area contributed by atoms with E-state index in [1.165, 1.54) is 119 Å². The van der Waals surface area contributed by atoms with E-state index in [1.54, 1.807) is 0 Å². The second-order valence-electron chi connectivity index (χ2n) is 18.1. The largest absolute Gasteiger partial charge is 0.309 e. The molecule has 1 aliphatic carbocycles. The lowest BCUT2D eigenvalue weighted by molar-refractivity contribution is 0.662. The summed E-state index contributed by atoms with van der Waals surface area (Å²) in [5, 5.41) is 15.4. The van der Waals surface area contributed by atoms with Crippen LogP contribution >= 0.6 is 11.3 Å². The zero-order chi connectivity index (χ0) is 42.3. The van der Waals surface area contributed by atoms with Crippen molar-refractivity contribution in [1.29, 1.82) is 0 Å². The third-order valence-corrected chi connectivity index (χ3v) is 15.5. The van der Waals surface area contributed by atoms with E-state index in [9.17, 15) is 0 Å². The van der Waals surface area contributed by atoms with Gasteiger partial charge in [0, 0.05) is 48.7 Å². The first-order valence-corrected chi connectivity index (χ1v) is 23.1. The van der Waals surface area contributed by atoms with Gasteiger partial charge in [0.25, 0.3) is 0 Å². The van der Waals surface area contributed by atoms with Gasteiger partial charge in [-0.3, -0.25) is 0 Å². The number of hydrogen-bond donors (Lipinski definition) is 0. The minimum atomic E-state index is -0.220. The van der Waals surface area contributed by atoms with Crippen molar-refractivity contribution < 1.29 is 0 Å². The van der Waals surface area contributed by atoms with Gasteiger partial charge in [0.2, 0.25) is 0 Å². The van der Waals surface area contributed by atoms with E-state index in [0.29, 0.717) is 0 Å². The Hall–Kier alpha value is -7.72. The first-order valence-electron chi connectivity index (χ1n) is 22.2. The summed E-state index contributed by atoms with van der Waals surface area (Å²) in [5.41, 5.74) is 12.4. The van der Waals surface area contributed by atoms with Crippen LogP contribution in [0.15, 0.2) is 206 Å². The normalized spacial score (nSPS) is 13.3. The van der Waals surface area contributed by atoms with Gasteiger partial charge in [-0.25, -0.2) is 0 Å². The van der Waals surface area contributed by atoms with Crippen molar-refractivity contribution in [2.75, 3.05) is 4.90 Å². The number of thiophene rings is 1. The summed E-state index contributed by atoms with van der Waals surface area (Å²) >= 11 is 1.88. The van der Waals surface area contributed by atoms with Crippen molar-refractivity contribution in [1.82, 2.24) is 4.57 Å². The Bertz CT molecular complexity index is 4100. The SMILES string of the molecule is CC1(C)c2cc3c4ccc(N(c5ccccc5)c5cccc6c5sc5ccccc56)cc4c4cc5ccccc5cc4c3cc2-c2cc3c4ccccc4n(-c4ccccc4)c3cc21.